The van der Waals surface area contributed by atoms with Crippen LogP contribution in [0.1, 0.15) is 5.56 Å². The number of carbonyl (C=O) groups excluding carboxylic acids is 2. The molecule has 112 valence electrons. The number of carboxylic acid groups (broad SMARTS) is 1. The fourth-order valence-electron chi connectivity index (χ4n) is 2.13. The molecule has 7 nitrogen and oxygen atoms in total. The second-order valence-corrected chi connectivity index (χ2v) is 5.00. The molecule has 0 radical (unpaired) electrons. The van der Waals surface area contributed by atoms with Crippen molar-refractivity contribution in [1.82, 2.24) is 4.90 Å². The first-order valence-electron chi connectivity index (χ1n) is 6.54. The smallest absolute Gasteiger partial charge is 0.320 e. The number of carbonyl (C=O) groups is 3. The Kier molecular flexibility index (Phi) is 4.23. The molecule has 3 N–H and O–H groups in total. The molecule has 1 unspecified atom stereocenters. The molecule has 0 bridgehead atoms. The summed E-state index contributed by atoms with van der Waals surface area (Å²) >= 11 is 0. The lowest BCUT2D eigenvalue weighted by Crippen LogP contribution is -2.53. The van der Waals surface area contributed by atoms with Gasteiger partial charge in [-0.1, -0.05) is 12.1 Å². The fourth-order valence-corrected chi connectivity index (χ4v) is 2.13. The van der Waals surface area contributed by atoms with Crippen LogP contribution in [0.3, 0.4) is 0 Å². The summed E-state index contributed by atoms with van der Waals surface area (Å²) in [6.07, 6.45) is 0.214. The minimum Gasteiger partial charge on any atom is -0.480 e. The Morgan fingerprint density at radius 3 is 2.43 bits per heavy atom. The molecule has 1 aromatic carbocycles. The van der Waals surface area contributed by atoms with Crippen LogP contribution in [0.4, 0.5) is 5.69 Å². The van der Waals surface area contributed by atoms with E-state index >= 15 is 0 Å². The minimum atomic E-state index is -1.06. The number of nitrogens with zero attached hydrogens (tertiary/aromatic N) is 2. The molecule has 1 aliphatic heterocycles. The molecule has 2 rings (SSSR count). The first-order valence-corrected chi connectivity index (χ1v) is 6.54. The van der Waals surface area contributed by atoms with Crippen LogP contribution in [0.15, 0.2) is 24.3 Å². The van der Waals surface area contributed by atoms with Gasteiger partial charge in [0.05, 0.1) is 0 Å². The molecule has 2 amide bonds. The predicted octanol–water partition coefficient (Wildman–Crippen LogP) is -0.554. The Morgan fingerprint density at radius 2 is 1.86 bits per heavy atom. The summed E-state index contributed by atoms with van der Waals surface area (Å²) in [5.74, 6) is -2.14. The summed E-state index contributed by atoms with van der Waals surface area (Å²) in [5, 5.41) is 8.77. The van der Waals surface area contributed by atoms with Crippen molar-refractivity contribution in [2.24, 2.45) is 5.73 Å². The normalized spacial score (nSPS) is 17.0. The number of nitrogens with two attached hydrogens (primary N) is 1. The Labute approximate surface area is 121 Å². The molecule has 0 spiro atoms. The van der Waals surface area contributed by atoms with E-state index in [1.165, 1.54) is 9.80 Å². The van der Waals surface area contributed by atoms with Crippen molar-refractivity contribution in [3.05, 3.63) is 29.8 Å². The van der Waals surface area contributed by atoms with Gasteiger partial charge in [-0.2, -0.15) is 0 Å². The van der Waals surface area contributed by atoms with Gasteiger partial charge in [-0.05, 0) is 24.1 Å². The van der Waals surface area contributed by atoms with E-state index in [4.69, 9.17) is 10.8 Å². The molecular weight excluding hydrogens is 274 g/mol. The average molecular weight is 291 g/mol. The molecule has 1 saturated heterocycles. The van der Waals surface area contributed by atoms with Crippen LogP contribution < -0.4 is 10.6 Å². The molecule has 0 aromatic heterocycles. The van der Waals surface area contributed by atoms with Gasteiger partial charge in [-0.25, -0.2) is 0 Å². The first kappa shape index (κ1) is 15.0. The third-order valence-electron chi connectivity index (χ3n) is 3.45. The van der Waals surface area contributed by atoms with Crippen molar-refractivity contribution in [2.45, 2.75) is 12.5 Å². The quantitative estimate of drug-likeness (QED) is 0.724. The fraction of sp³-hybridized carbons (Fsp3) is 0.357. The van der Waals surface area contributed by atoms with Gasteiger partial charge in [-0.3, -0.25) is 14.4 Å². The number of piperazine rings is 1. The largest absolute Gasteiger partial charge is 0.480 e. The van der Waals surface area contributed by atoms with Gasteiger partial charge in [0.15, 0.2) is 0 Å². The molecule has 1 aromatic rings. The van der Waals surface area contributed by atoms with Gasteiger partial charge in [-0.15, -0.1) is 0 Å². The summed E-state index contributed by atoms with van der Waals surface area (Å²) in [6, 6.07) is 5.87. The first-order chi connectivity index (χ1) is 9.90. The highest BCUT2D eigenvalue weighted by Crippen LogP contribution is 2.18. The Balaban J connectivity index is 2.10. The zero-order valence-electron chi connectivity index (χ0n) is 11.7. The van der Waals surface area contributed by atoms with Crippen molar-refractivity contribution >= 4 is 23.5 Å². The number of rotatable bonds is 4. The van der Waals surface area contributed by atoms with Crippen molar-refractivity contribution in [3.8, 4) is 0 Å². The third-order valence-corrected chi connectivity index (χ3v) is 3.45. The number of anilines is 1. The molecule has 1 heterocycles. The Bertz CT molecular complexity index is 570. The Morgan fingerprint density at radius 1 is 1.24 bits per heavy atom. The van der Waals surface area contributed by atoms with E-state index in [9.17, 15) is 14.4 Å². The van der Waals surface area contributed by atoms with Crippen molar-refractivity contribution in [3.63, 3.8) is 0 Å². The van der Waals surface area contributed by atoms with E-state index < -0.39 is 23.8 Å². The van der Waals surface area contributed by atoms with Gasteiger partial charge in [0, 0.05) is 25.8 Å². The number of benzene rings is 1. The lowest BCUT2D eigenvalue weighted by Gasteiger charge is -2.31. The number of likely N-dealkylation sites (N-methyl/N-ethyl adjacent to an activating group) is 1. The van der Waals surface area contributed by atoms with Gasteiger partial charge in [0.2, 0.25) is 0 Å². The summed E-state index contributed by atoms with van der Waals surface area (Å²) in [6.45, 7) is 0.922. The van der Waals surface area contributed by atoms with Crippen LogP contribution in [0.25, 0.3) is 0 Å². The average Bonchev–Trinajstić information content (AvgIpc) is 2.46. The van der Waals surface area contributed by atoms with E-state index in [-0.39, 0.29) is 6.42 Å². The van der Waals surface area contributed by atoms with Crippen molar-refractivity contribution in [2.75, 3.05) is 25.0 Å². The minimum absolute atomic E-state index is 0.214. The summed E-state index contributed by atoms with van der Waals surface area (Å²) in [7, 11) is 1.59. The van der Waals surface area contributed by atoms with E-state index in [0.717, 1.165) is 5.56 Å². The standard InChI is InChI=1S/C14H17N3O4/c1-16-6-7-17(13(19)12(16)18)10-4-2-9(3-5-10)8-11(15)14(20)21/h2-5,11H,6-8,15H2,1H3,(H,20,21). The number of hydrogen-bond acceptors (Lipinski definition) is 4. The molecule has 1 atom stereocenters. The highest BCUT2D eigenvalue weighted by Gasteiger charge is 2.31. The van der Waals surface area contributed by atoms with Crippen LogP contribution in [0, 0.1) is 0 Å². The van der Waals surface area contributed by atoms with Gasteiger partial charge in [0.1, 0.15) is 6.04 Å². The molecule has 0 saturated carbocycles. The highest BCUT2D eigenvalue weighted by atomic mass is 16.4. The summed E-state index contributed by atoms with van der Waals surface area (Å²) in [5.41, 5.74) is 6.86. The van der Waals surface area contributed by atoms with E-state index in [1.807, 2.05) is 0 Å². The van der Waals surface area contributed by atoms with E-state index in [1.54, 1.807) is 31.3 Å². The highest BCUT2D eigenvalue weighted by molar-refractivity contribution is 6.40. The summed E-state index contributed by atoms with van der Waals surface area (Å²) < 4.78 is 0. The molecule has 7 heteroatoms. The molecule has 1 aliphatic rings. The van der Waals surface area contributed by atoms with Gasteiger partial charge < -0.3 is 20.6 Å². The topological polar surface area (TPSA) is 104 Å². The van der Waals surface area contributed by atoms with Gasteiger partial charge in [0.25, 0.3) is 0 Å². The molecule has 1 fully saturated rings. The van der Waals surface area contributed by atoms with E-state index in [0.29, 0.717) is 18.8 Å². The molecular formula is C14H17N3O4. The van der Waals surface area contributed by atoms with Crippen molar-refractivity contribution < 1.29 is 19.5 Å². The van der Waals surface area contributed by atoms with Gasteiger partial charge >= 0.3 is 17.8 Å². The van der Waals surface area contributed by atoms with Crippen LogP contribution >= 0.6 is 0 Å². The van der Waals surface area contributed by atoms with Crippen LogP contribution in [0.5, 0.6) is 0 Å². The third kappa shape index (κ3) is 3.19. The number of hydrogen-bond donors (Lipinski definition) is 2. The number of amides is 2. The predicted molar refractivity (Wildman–Crippen MR) is 75.7 cm³/mol. The van der Waals surface area contributed by atoms with Crippen LogP contribution in [-0.4, -0.2) is 54.0 Å². The maximum absolute atomic E-state index is 11.9. The lowest BCUT2D eigenvalue weighted by molar-refractivity contribution is -0.145. The second kappa shape index (κ2) is 5.92. The summed E-state index contributed by atoms with van der Waals surface area (Å²) in [4.78, 5) is 37.1. The monoisotopic (exact) mass is 291 g/mol. The SMILES string of the molecule is CN1CCN(c2ccc(CC(N)C(=O)O)cc2)C(=O)C1=O. The maximum atomic E-state index is 11.9. The molecule has 0 aliphatic carbocycles. The zero-order valence-corrected chi connectivity index (χ0v) is 11.7. The Hall–Kier alpha value is -2.41. The number of aliphatic carboxylic acids is 1. The van der Waals surface area contributed by atoms with Crippen molar-refractivity contribution in [1.29, 1.82) is 0 Å². The zero-order chi connectivity index (χ0) is 15.6. The van der Waals surface area contributed by atoms with Crippen LogP contribution in [-0.2, 0) is 20.8 Å². The molecule has 21 heavy (non-hydrogen) atoms. The lowest BCUT2D eigenvalue weighted by atomic mass is 10.1. The van der Waals surface area contributed by atoms with Crippen LogP contribution in [0.2, 0.25) is 0 Å². The maximum Gasteiger partial charge on any atom is 0.320 e. The van der Waals surface area contributed by atoms with E-state index in [2.05, 4.69) is 0 Å². The number of carboxylic acids is 1. The second-order valence-electron chi connectivity index (χ2n) is 5.00.